The van der Waals surface area contributed by atoms with Gasteiger partial charge in [-0.2, -0.15) is 8.42 Å². The molecule has 0 bridgehead atoms. The molecule has 0 aliphatic heterocycles. The summed E-state index contributed by atoms with van der Waals surface area (Å²) >= 11 is 0. The number of rotatable bonds is 8. The third-order valence-corrected chi connectivity index (χ3v) is 4.74. The van der Waals surface area contributed by atoms with Gasteiger partial charge in [0, 0.05) is 0 Å². The molecular weight excluding hydrogens is 340 g/mol. The van der Waals surface area contributed by atoms with Gasteiger partial charge >= 0.3 is 5.97 Å². The summed E-state index contributed by atoms with van der Waals surface area (Å²) in [6, 6.07) is 6.50. The van der Waals surface area contributed by atoms with Gasteiger partial charge in [-0.05, 0) is 58.1 Å². The van der Waals surface area contributed by atoms with E-state index in [1.54, 1.807) is 32.9 Å². The smallest absolute Gasteiger partial charge is 0.306 e. The van der Waals surface area contributed by atoms with E-state index in [1.165, 1.54) is 12.1 Å². The largest absolute Gasteiger partial charge is 0.460 e. The van der Waals surface area contributed by atoms with Gasteiger partial charge in [0.1, 0.15) is 5.60 Å². The molecule has 0 N–H and O–H groups in total. The van der Waals surface area contributed by atoms with Crippen LogP contribution in [0.25, 0.3) is 0 Å². The first kappa shape index (κ1) is 21.6. The van der Waals surface area contributed by atoms with Crippen molar-refractivity contribution in [2.75, 3.05) is 6.61 Å². The predicted octanol–water partition coefficient (Wildman–Crippen LogP) is 4.09. The molecule has 0 unspecified atom stereocenters. The summed E-state index contributed by atoms with van der Waals surface area (Å²) in [4.78, 5) is 12.2. The lowest BCUT2D eigenvalue weighted by atomic mass is 9.95. The van der Waals surface area contributed by atoms with Gasteiger partial charge in [-0.25, -0.2) is 0 Å². The van der Waals surface area contributed by atoms with Crippen molar-refractivity contribution >= 4 is 16.1 Å². The Morgan fingerprint density at radius 2 is 1.68 bits per heavy atom. The number of ether oxygens (including phenoxy) is 1. The van der Waals surface area contributed by atoms with Crippen LogP contribution in [0.5, 0.6) is 0 Å². The molecule has 0 heterocycles. The third-order valence-electron chi connectivity index (χ3n) is 3.45. The molecule has 6 heteroatoms. The van der Waals surface area contributed by atoms with Crippen molar-refractivity contribution in [3.63, 3.8) is 0 Å². The average Bonchev–Trinajstić information content (AvgIpc) is 2.42. The quantitative estimate of drug-likeness (QED) is 0.509. The lowest BCUT2D eigenvalue weighted by Crippen LogP contribution is -2.27. The van der Waals surface area contributed by atoms with Crippen LogP contribution < -0.4 is 0 Å². The van der Waals surface area contributed by atoms with E-state index >= 15 is 0 Å². The first-order valence-corrected chi connectivity index (χ1v) is 9.98. The SMILES string of the molecule is Cc1ccc(S(=O)(=O)OC[C@@H](CC(=O)OC(C)(C)C)CC(C)C)cc1. The van der Waals surface area contributed by atoms with Gasteiger partial charge in [-0.1, -0.05) is 31.5 Å². The molecule has 0 spiro atoms. The van der Waals surface area contributed by atoms with E-state index in [9.17, 15) is 13.2 Å². The fourth-order valence-corrected chi connectivity index (χ4v) is 3.43. The van der Waals surface area contributed by atoms with E-state index in [0.29, 0.717) is 12.3 Å². The maximum Gasteiger partial charge on any atom is 0.306 e. The van der Waals surface area contributed by atoms with Crippen LogP contribution in [-0.2, 0) is 23.8 Å². The molecule has 5 nitrogen and oxygen atoms in total. The molecule has 142 valence electrons. The van der Waals surface area contributed by atoms with Crippen molar-refractivity contribution in [1.29, 1.82) is 0 Å². The maximum atomic E-state index is 12.3. The number of carbonyl (C=O) groups excluding carboxylic acids is 1. The van der Waals surface area contributed by atoms with Gasteiger partial charge in [-0.15, -0.1) is 0 Å². The zero-order valence-electron chi connectivity index (χ0n) is 16.0. The van der Waals surface area contributed by atoms with Crippen LogP contribution in [0.2, 0.25) is 0 Å². The van der Waals surface area contributed by atoms with Crippen LogP contribution in [0.4, 0.5) is 0 Å². The highest BCUT2D eigenvalue weighted by Gasteiger charge is 2.24. The maximum absolute atomic E-state index is 12.3. The number of benzene rings is 1. The van der Waals surface area contributed by atoms with Crippen molar-refractivity contribution in [3.05, 3.63) is 29.8 Å². The monoisotopic (exact) mass is 370 g/mol. The summed E-state index contributed by atoms with van der Waals surface area (Å²) in [6.45, 7) is 11.3. The summed E-state index contributed by atoms with van der Waals surface area (Å²) in [6.07, 6.45) is 0.821. The van der Waals surface area contributed by atoms with E-state index in [4.69, 9.17) is 8.92 Å². The molecule has 0 radical (unpaired) electrons. The fourth-order valence-electron chi connectivity index (χ4n) is 2.45. The number of carbonyl (C=O) groups is 1. The number of hydrogen-bond acceptors (Lipinski definition) is 5. The highest BCUT2D eigenvalue weighted by molar-refractivity contribution is 7.86. The standard InChI is InChI=1S/C19H30O5S/c1-14(2)11-16(12-18(20)24-19(4,5)6)13-23-25(21,22)17-9-7-15(3)8-10-17/h7-10,14,16H,11-13H2,1-6H3/t16-/m1/s1. The van der Waals surface area contributed by atoms with Gasteiger partial charge in [-0.3, -0.25) is 8.98 Å². The Labute approximate surface area is 151 Å². The summed E-state index contributed by atoms with van der Waals surface area (Å²) < 4.78 is 35.2. The second-order valence-corrected chi connectivity index (χ2v) is 9.45. The van der Waals surface area contributed by atoms with E-state index in [2.05, 4.69) is 0 Å². The Hall–Kier alpha value is -1.40. The van der Waals surface area contributed by atoms with Crippen LogP contribution in [-0.4, -0.2) is 26.6 Å². The highest BCUT2D eigenvalue weighted by Crippen LogP contribution is 2.21. The van der Waals surface area contributed by atoms with Crippen LogP contribution >= 0.6 is 0 Å². The van der Waals surface area contributed by atoms with Crippen molar-refractivity contribution in [3.8, 4) is 0 Å². The van der Waals surface area contributed by atoms with Crippen molar-refractivity contribution < 1.29 is 22.1 Å². The zero-order chi connectivity index (χ0) is 19.3. The van der Waals surface area contributed by atoms with Crippen LogP contribution in [0, 0.1) is 18.8 Å². The molecule has 0 aromatic heterocycles. The molecule has 25 heavy (non-hydrogen) atoms. The van der Waals surface area contributed by atoms with E-state index in [-0.39, 0.29) is 29.8 Å². The van der Waals surface area contributed by atoms with Gasteiger partial charge < -0.3 is 4.74 Å². The first-order valence-electron chi connectivity index (χ1n) is 8.57. The molecule has 0 saturated carbocycles. The van der Waals surface area contributed by atoms with Crippen molar-refractivity contribution in [2.45, 2.75) is 64.9 Å². The van der Waals surface area contributed by atoms with Crippen LogP contribution in [0.15, 0.2) is 29.2 Å². The Bertz CT molecular complexity index is 654. The molecule has 0 aliphatic rings. The van der Waals surface area contributed by atoms with Crippen LogP contribution in [0.1, 0.15) is 53.0 Å². The molecule has 0 aliphatic carbocycles. The average molecular weight is 371 g/mol. The molecule has 1 aromatic rings. The van der Waals surface area contributed by atoms with E-state index in [1.807, 2.05) is 20.8 Å². The molecule has 1 aromatic carbocycles. The summed E-state index contributed by atoms with van der Waals surface area (Å²) in [5.41, 5.74) is 0.412. The third kappa shape index (κ3) is 8.50. The minimum Gasteiger partial charge on any atom is -0.460 e. The van der Waals surface area contributed by atoms with Crippen molar-refractivity contribution in [2.24, 2.45) is 11.8 Å². The zero-order valence-corrected chi connectivity index (χ0v) is 16.9. The predicted molar refractivity (Wildman–Crippen MR) is 97.7 cm³/mol. The molecule has 0 saturated heterocycles. The number of esters is 1. The molecule has 0 fully saturated rings. The lowest BCUT2D eigenvalue weighted by Gasteiger charge is -2.23. The second kappa shape index (κ2) is 8.81. The van der Waals surface area contributed by atoms with Gasteiger partial charge in [0.25, 0.3) is 10.1 Å². The van der Waals surface area contributed by atoms with Crippen molar-refractivity contribution in [1.82, 2.24) is 0 Å². The normalized spacial score (nSPS) is 13.7. The molecular formula is C19H30O5S. The summed E-state index contributed by atoms with van der Waals surface area (Å²) in [5.74, 6) is -0.234. The molecule has 1 rings (SSSR count). The second-order valence-electron chi connectivity index (χ2n) is 7.84. The van der Waals surface area contributed by atoms with Gasteiger partial charge in [0.05, 0.1) is 17.9 Å². The summed E-state index contributed by atoms with van der Waals surface area (Å²) in [7, 11) is -3.83. The minimum atomic E-state index is -3.83. The summed E-state index contributed by atoms with van der Waals surface area (Å²) in [5, 5.41) is 0. The fraction of sp³-hybridized carbons (Fsp3) is 0.632. The number of hydrogen-bond donors (Lipinski definition) is 0. The molecule has 0 amide bonds. The van der Waals surface area contributed by atoms with Gasteiger partial charge in [0.2, 0.25) is 0 Å². The van der Waals surface area contributed by atoms with E-state index in [0.717, 1.165) is 5.56 Å². The molecule has 1 atom stereocenters. The Morgan fingerprint density at radius 3 is 2.16 bits per heavy atom. The topological polar surface area (TPSA) is 69.7 Å². The minimum absolute atomic E-state index is 0.0341. The van der Waals surface area contributed by atoms with E-state index < -0.39 is 15.7 Å². The Morgan fingerprint density at radius 1 is 1.12 bits per heavy atom. The Balaban J connectivity index is 2.74. The number of aryl methyl sites for hydroxylation is 1. The Kier molecular flexibility index (Phi) is 7.62. The van der Waals surface area contributed by atoms with Crippen LogP contribution in [0.3, 0.4) is 0 Å². The highest BCUT2D eigenvalue weighted by atomic mass is 32.2. The van der Waals surface area contributed by atoms with Gasteiger partial charge in [0.15, 0.2) is 0 Å². The first-order chi connectivity index (χ1) is 11.4. The lowest BCUT2D eigenvalue weighted by molar-refractivity contribution is -0.156.